The smallest absolute Gasteiger partial charge is 0.0712 e. The van der Waals surface area contributed by atoms with E-state index in [-0.39, 0.29) is 3.74 Å². The van der Waals surface area contributed by atoms with Crippen LogP contribution in [0.3, 0.4) is 0 Å². The second-order valence-electron chi connectivity index (χ2n) is 3.62. The summed E-state index contributed by atoms with van der Waals surface area (Å²) in [5, 5.41) is 0. The van der Waals surface area contributed by atoms with Crippen molar-refractivity contribution in [2.45, 2.75) is 3.74 Å². The zero-order valence-corrected chi connectivity index (χ0v) is 11.0. The molecule has 0 N–H and O–H groups in total. The van der Waals surface area contributed by atoms with Gasteiger partial charge in [0.1, 0.15) is 0 Å². The van der Waals surface area contributed by atoms with Crippen molar-refractivity contribution in [2.75, 3.05) is 0 Å². The van der Waals surface area contributed by atoms with Gasteiger partial charge in [0.2, 0.25) is 0 Å². The lowest BCUT2D eigenvalue weighted by Crippen LogP contribution is -2.02. The SMILES string of the molecule is BrC(Br)c1cccc2c1-c1ccccc1-2. The molecule has 2 aromatic rings. The van der Waals surface area contributed by atoms with Crippen LogP contribution in [0.4, 0.5) is 0 Å². The van der Waals surface area contributed by atoms with Crippen molar-refractivity contribution in [1.82, 2.24) is 0 Å². The van der Waals surface area contributed by atoms with Gasteiger partial charge in [-0.15, -0.1) is 0 Å². The summed E-state index contributed by atoms with van der Waals surface area (Å²) in [7, 11) is 0. The fourth-order valence-electron chi connectivity index (χ4n) is 2.15. The predicted octanol–water partition coefficient (Wildman–Crippen LogP) is 5.12. The van der Waals surface area contributed by atoms with Crippen molar-refractivity contribution in [2.24, 2.45) is 0 Å². The highest BCUT2D eigenvalue weighted by Gasteiger charge is 2.25. The van der Waals surface area contributed by atoms with Gasteiger partial charge in [0.25, 0.3) is 0 Å². The summed E-state index contributed by atoms with van der Waals surface area (Å²) in [4.78, 5) is 0. The van der Waals surface area contributed by atoms with E-state index < -0.39 is 0 Å². The van der Waals surface area contributed by atoms with Crippen LogP contribution in [0.1, 0.15) is 9.30 Å². The molecule has 0 spiro atoms. The Balaban J connectivity index is 2.25. The summed E-state index contributed by atoms with van der Waals surface area (Å²) in [6, 6.07) is 15.0. The van der Waals surface area contributed by atoms with Crippen molar-refractivity contribution < 1.29 is 0 Å². The summed E-state index contributed by atoms with van der Waals surface area (Å²) in [5.74, 6) is 0. The molecule has 1 aliphatic carbocycles. The first kappa shape index (κ1) is 9.61. The van der Waals surface area contributed by atoms with E-state index in [0.717, 1.165) is 0 Å². The largest absolute Gasteiger partial charge is 0.0952 e. The molecule has 0 atom stereocenters. The normalized spacial score (nSPS) is 11.9. The van der Waals surface area contributed by atoms with Crippen molar-refractivity contribution in [3.8, 4) is 22.3 Å². The highest BCUT2D eigenvalue weighted by molar-refractivity contribution is 9.24. The van der Waals surface area contributed by atoms with Gasteiger partial charge < -0.3 is 0 Å². The minimum absolute atomic E-state index is 0.230. The van der Waals surface area contributed by atoms with Gasteiger partial charge in [0, 0.05) is 0 Å². The summed E-state index contributed by atoms with van der Waals surface area (Å²) >= 11 is 7.14. The fraction of sp³-hybridized carbons (Fsp3) is 0.0769. The van der Waals surface area contributed by atoms with E-state index in [1.54, 1.807) is 0 Å². The summed E-state index contributed by atoms with van der Waals surface area (Å²) in [6.07, 6.45) is 0. The molecule has 0 aliphatic heterocycles. The van der Waals surface area contributed by atoms with E-state index in [0.29, 0.717) is 0 Å². The second kappa shape index (κ2) is 3.46. The molecule has 0 nitrogen and oxygen atoms in total. The highest BCUT2D eigenvalue weighted by Crippen LogP contribution is 2.51. The maximum absolute atomic E-state index is 3.57. The van der Waals surface area contributed by atoms with Gasteiger partial charge in [-0.25, -0.2) is 0 Å². The van der Waals surface area contributed by atoms with Crippen LogP contribution in [0.2, 0.25) is 0 Å². The molecule has 3 rings (SSSR count). The Bertz CT molecular complexity index is 530. The number of hydrogen-bond acceptors (Lipinski definition) is 0. The first-order valence-electron chi connectivity index (χ1n) is 4.80. The lowest BCUT2D eigenvalue weighted by molar-refractivity contribution is 1.38. The zero-order chi connectivity index (χ0) is 10.4. The first-order chi connectivity index (χ1) is 7.29. The summed E-state index contributed by atoms with van der Waals surface area (Å²) in [6.45, 7) is 0. The fourth-order valence-corrected chi connectivity index (χ4v) is 2.91. The molecule has 0 saturated carbocycles. The maximum Gasteiger partial charge on any atom is 0.0952 e. The highest BCUT2D eigenvalue weighted by atomic mass is 79.9. The molecule has 15 heavy (non-hydrogen) atoms. The molecule has 0 saturated heterocycles. The number of alkyl halides is 2. The van der Waals surface area contributed by atoms with Crippen LogP contribution >= 0.6 is 31.9 Å². The summed E-state index contributed by atoms with van der Waals surface area (Å²) < 4.78 is 0.230. The summed E-state index contributed by atoms with van der Waals surface area (Å²) in [5.41, 5.74) is 6.80. The number of hydrogen-bond donors (Lipinski definition) is 0. The predicted molar refractivity (Wildman–Crippen MR) is 71.5 cm³/mol. The quantitative estimate of drug-likeness (QED) is 0.545. The zero-order valence-electron chi connectivity index (χ0n) is 7.87. The van der Waals surface area contributed by atoms with Crippen LogP contribution in [-0.2, 0) is 0 Å². The first-order valence-corrected chi connectivity index (χ1v) is 6.63. The lowest BCUT2D eigenvalue weighted by atomic mass is 9.78. The average molecular weight is 324 g/mol. The maximum atomic E-state index is 3.57. The Morgan fingerprint density at radius 2 is 1.40 bits per heavy atom. The van der Waals surface area contributed by atoms with Crippen molar-refractivity contribution >= 4 is 31.9 Å². The third-order valence-electron chi connectivity index (χ3n) is 2.82. The molecule has 0 aromatic heterocycles. The number of halogens is 2. The van der Waals surface area contributed by atoms with Gasteiger partial charge >= 0.3 is 0 Å². The Morgan fingerprint density at radius 3 is 2.13 bits per heavy atom. The van der Waals surface area contributed by atoms with Gasteiger partial charge in [-0.05, 0) is 27.8 Å². The topological polar surface area (TPSA) is 0 Å². The molecule has 0 fully saturated rings. The Morgan fingerprint density at radius 1 is 0.733 bits per heavy atom. The minimum Gasteiger partial charge on any atom is -0.0712 e. The van der Waals surface area contributed by atoms with Crippen LogP contribution in [0.5, 0.6) is 0 Å². The number of rotatable bonds is 1. The lowest BCUT2D eigenvalue weighted by Gasteiger charge is -2.27. The van der Waals surface area contributed by atoms with Crippen molar-refractivity contribution in [3.63, 3.8) is 0 Å². The third-order valence-corrected chi connectivity index (χ3v) is 3.80. The minimum atomic E-state index is 0.230. The van der Waals surface area contributed by atoms with Gasteiger partial charge in [0.05, 0.1) is 3.74 Å². The molecule has 2 heteroatoms. The van der Waals surface area contributed by atoms with Crippen LogP contribution in [0.25, 0.3) is 22.3 Å². The van der Waals surface area contributed by atoms with E-state index in [1.807, 2.05) is 0 Å². The molecule has 0 bridgehead atoms. The third kappa shape index (κ3) is 1.31. The molecule has 74 valence electrons. The Hall–Kier alpha value is -0.600. The average Bonchev–Trinajstić information content (AvgIpc) is 2.24. The number of fused-ring (bicyclic) bond motifs is 4. The molecular weight excluding hydrogens is 316 g/mol. The van der Waals surface area contributed by atoms with Gasteiger partial charge in [0.15, 0.2) is 0 Å². The van der Waals surface area contributed by atoms with Gasteiger partial charge in [-0.3, -0.25) is 0 Å². The molecule has 0 radical (unpaired) electrons. The molecular formula is C13H8Br2. The van der Waals surface area contributed by atoms with Crippen LogP contribution in [0.15, 0.2) is 42.5 Å². The van der Waals surface area contributed by atoms with Gasteiger partial charge in [-0.1, -0.05) is 74.3 Å². The van der Waals surface area contributed by atoms with Gasteiger partial charge in [-0.2, -0.15) is 0 Å². The monoisotopic (exact) mass is 322 g/mol. The van der Waals surface area contributed by atoms with Crippen molar-refractivity contribution in [3.05, 3.63) is 48.0 Å². The number of benzene rings is 2. The Kier molecular flexibility index (Phi) is 2.22. The van der Waals surface area contributed by atoms with Crippen molar-refractivity contribution in [1.29, 1.82) is 0 Å². The van der Waals surface area contributed by atoms with Crippen LogP contribution in [-0.4, -0.2) is 0 Å². The molecule has 2 aromatic carbocycles. The van der Waals surface area contributed by atoms with E-state index in [4.69, 9.17) is 0 Å². The molecule has 0 unspecified atom stereocenters. The van der Waals surface area contributed by atoms with E-state index in [1.165, 1.54) is 27.8 Å². The van der Waals surface area contributed by atoms with Crippen LogP contribution in [0, 0.1) is 0 Å². The van der Waals surface area contributed by atoms with Crippen LogP contribution < -0.4 is 0 Å². The molecule has 1 aliphatic rings. The van der Waals surface area contributed by atoms with E-state index in [9.17, 15) is 0 Å². The van der Waals surface area contributed by atoms with E-state index in [2.05, 4.69) is 74.3 Å². The van der Waals surface area contributed by atoms with E-state index >= 15 is 0 Å². The standard InChI is InChI=1S/C13H8Br2/c14-13(15)11-7-3-6-10-8-4-1-2-5-9(8)12(10)11/h1-7,13H. The Labute approximate surface area is 106 Å². The molecule has 0 amide bonds. The molecule has 0 heterocycles. The second-order valence-corrected chi connectivity index (χ2v) is 6.68.